The Bertz CT molecular complexity index is 528. The third-order valence-electron chi connectivity index (χ3n) is 2.29. The van der Waals surface area contributed by atoms with Crippen LogP contribution in [0.15, 0.2) is 24.4 Å². The van der Waals surface area contributed by atoms with Crippen molar-refractivity contribution in [1.29, 1.82) is 0 Å². The molecule has 0 unspecified atom stereocenters. The first-order chi connectivity index (χ1) is 8.69. The quantitative estimate of drug-likeness (QED) is 0.638. The van der Waals surface area contributed by atoms with E-state index in [1.165, 1.54) is 11.3 Å². The van der Waals surface area contributed by atoms with Gasteiger partial charge in [0, 0.05) is 25.1 Å². The van der Waals surface area contributed by atoms with Crippen LogP contribution in [-0.4, -0.2) is 25.3 Å². The van der Waals surface area contributed by atoms with E-state index in [0.29, 0.717) is 29.8 Å². The lowest BCUT2D eigenvalue weighted by molar-refractivity contribution is 0.146. The fourth-order valence-electron chi connectivity index (χ4n) is 1.51. The van der Waals surface area contributed by atoms with Crippen molar-refractivity contribution in [2.75, 3.05) is 31.8 Å². The number of hydrogen-bond donors (Lipinski definition) is 2. The number of anilines is 2. The van der Waals surface area contributed by atoms with Crippen LogP contribution in [0.5, 0.6) is 5.75 Å². The number of nitrogens with zero attached hydrogens (tertiary/aromatic N) is 1. The topological polar surface area (TPSA) is 83.4 Å². The summed E-state index contributed by atoms with van der Waals surface area (Å²) in [6.07, 6.45) is 1.73. The number of hydrogen-bond acceptors (Lipinski definition) is 6. The molecule has 0 amide bonds. The third kappa shape index (κ3) is 3.12. The van der Waals surface area contributed by atoms with Gasteiger partial charge >= 0.3 is 0 Å². The Morgan fingerprint density at radius 3 is 2.72 bits per heavy atom. The first-order valence-electron chi connectivity index (χ1n) is 5.43. The predicted molar refractivity (Wildman–Crippen MR) is 73.7 cm³/mol. The number of nitrogen functional groups attached to an aromatic ring is 2. The molecular formula is C12H15N3O2S. The fraction of sp³-hybridized carbons (Fsp3) is 0.250. The number of rotatable bonds is 5. The maximum absolute atomic E-state index is 5.85. The first-order valence-corrected chi connectivity index (χ1v) is 6.24. The van der Waals surface area contributed by atoms with E-state index in [0.717, 1.165) is 10.4 Å². The number of methoxy groups -OCH3 is 1. The standard InChI is InChI=1S/C12H15N3O2S/c1-16-2-3-17-10-5-8(4-9(13)6-10)11-7-15-12(14)18-11/h4-7H,2-3,13H2,1H3,(H2,14,15). The maximum atomic E-state index is 5.85. The Kier molecular flexibility index (Phi) is 4.01. The van der Waals surface area contributed by atoms with Crippen LogP contribution in [0.1, 0.15) is 0 Å². The average Bonchev–Trinajstić information content (AvgIpc) is 2.76. The Morgan fingerprint density at radius 2 is 2.06 bits per heavy atom. The van der Waals surface area contributed by atoms with Gasteiger partial charge in [0.05, 0.1) is 11.5 Å². The number of nitrogens with two attached hydrogens (primary N) is 2. The summed E-state index contributed by atoms with van der Waals surface area (Å²) in [6, 6.07) is 5.57. The first kappa shape index (κ1) is 12.7. The van der Waals surface area contributed by atoms with Crippen molar-refractivity contribution in [2.45, 2.75) is 0 Å². The van der Waals surface area contributed by atoms with Gasteiger partial charge in [0.25, 0.3) is 0 Å². The lowest BCUT2D eigenvalue weighted by atomic mass is 10.1. The SMILES string of the molecule is COCCOc1cc(N)cc(-c2cnc(N)s2)c1. The van der Waals surface area contributed by atoms with Crippen molar-refractivity contribution < 1.29 is 9.47 Å². The molecule has 96 valence electrons. The molecule has 18 heavy (non-hydrogen) atoms. The van der Waals surface area contributed by atoms with Gasteiger partial charge in [0.1, 0.15) is 12.4 Å². The molecule has 0 saturated carbocycles. The highest BCUT2D eigenvalue weighted by Crippen LogP contribution is 2.31. The lowest BCUT2D eigenvalue weighted by Gasteiger charge is -2.08. The van der Waals surface area contributed by atoms with E-state index >= 15 is 0 Å². The number of thiazole rings is 1. The highest BCUT2D eigenvalue weighted by atomic mass is 32.1. The van der Waals surface area contributed by atoms with Crippen molar-refractivity contribution in [1.82, 2.24) is 4.98 Å². The molecule has 0 aliphatic heterocycles. The molecule has 0 atom stereocenters. The van der Waals surface area contributed by atoms with Crippen LogP contribution >= 0.6 is 11.3 Å². The van der Waals surface area contributed by atoms with Crippen LogP contribution in [0.3, 0.4) is 0 Å². The fourth-order valence-corrected chi connectivity index (χ4v) is 2.18. The summed E-state index contributed by atoms with van der Waals surface area (Å²) >= 11 is 1.42. The minimum atomic E-state index is 0.490. The summed E-state index contributed by atoms with van der Waals surface area (Å²) < 4.78 is 10.5. The van der Waals surface area contributed by atoms with Gasteiger partial charge in [-0.2, -0.15) is 0 Å². The molecule has 2 rings (SSSR count). The van der Waals surface area contributed by atoms with Crippen LogP contribution in [0.25, 0.3) is 10.4 Å². The van der Waals surface area contributed by atoms with Gasteiger partial charge in [-0.15, -0.1) is 0 Å². The van der Waals surface area contributed by atoms with E-state index in [2.05, 4.69) is 4.98 Å². The van der Waals surface area contributed by atoms with E-state index in [4.69, 9.17) is 20.9 Å². The minimum Gasteiger partial charge on any atom is -0.491 e. The van der Waals surface area contributed by atoms with Gasteiger partial charge in [0.2, 0.25) is 0 Å². The van der Waals surface area contributed by atoms with Crippen molar-refractivity contribution in [3.05, 3.63) is 24.4 Å². The smallest absolute Gasteiger partial charge is 0.180 e. The monoisotopic (exact) mass is 265 g/mol. The maximum Gasteiger partial charge on any atom is 0.180 e. The Morgan fingerprint density at radius 1 is 1.22 bits per heavy atom. The van der Waals surface area contributed by atoms with Gasteiger partial charge in [-0.05, 0) is 17.7 Å². The van der Waals surface area contributed by atoms with Crippen LogP contribution in [0, 0.1) is 0 Å². The second-order valence-electron chi connectivity index (χ2n) is 3.69. The van der Waals surface area contributed by atoms with Gasteiger partial charge in [0.15, 0.2) is 5.13 Å². The molecule has 0 aliphatic carbocycles. The van der Waals surface area contributed by atoms with E-state index in [9.17, 15) is 0 Å². The molecule has 0 radical (unpaired) electrons. The summed E-state index contributed by atoms with van der Waals surface area (Å²) in [5, 5.41) is 0.536. The zero-order valence-electron chi connectivity index (χ0n) is 10.1. The van der Waals surface area contributed by atoms with E-state index in [1.807, 2.05) is 12.1 Å². The molecule has 2 aromatic rings. The average molecular weight is 265 g/mol. The van der Waals surface area contributed by atoms with E-state index in [-0.39, 0.29) is 0 Å². The number of aromatic nitrogens is 1. The molecule has 0 spiro atoms. The van der Waals surface area contributed by atoms with Crippen LogP contribution in [-0.2, 0) is 4.74 Å². The molecule has 0 fully saturated rings. The van der Waals surface area contributed by atoms with Crippen molar-refractivity contribution in [3.63, 3.8) is 0 Å². The summed E-state index contributed by atoms with van der Waals surface area (Å²) in [5.41, 5.74) is 13.1. The van der Waals surface area contributed by atoms with Gasteiger partial charge in [-0.25, -0.2) is 4.98 Å². The molecule has 1 aromatic heterocycles. The number of benzene rings is 1. The normalized spacial score (nSPS) is 10.5. The Labute approximate surface area is 109 Å². The highest BCUT2D eigenvalue weighted by Gasteiger charge is 2.06. The molecule has 5 nitrogen and oxygen atoms in total. The van der Waals surface area contributed by atoms with Crippen LogP contribution in [0.4, 0.5) is 10.8 Å². The Balaban J connectivity index is 2.21. The van der Waals surface area contributed by atoms with Gasteiger partial charge < -0.3 is 20.9 Å². The molecular weight excluding hydrogens is 250 g/mol. The van der Waals surface area contributed by atoms with Crippen LogP contribution < -0.4 is 16.2 Å². The van der Waals surface area contributed by atoms with Crippen molar-refractivity contribution in [2.24, 2.45) is 0 Å². The predicted octanol–water partition coefficient (Wildman–Crippen LogP) is 2.00. The van der Waals surface area contributed by atoms with Crippen LogP contribution in [0.2, 0.25) is 0 Å². The summed E-state index contributed by atoms with van der Waals surface area (Å²) in [7, 11) is 1.63. The molecule has 6 heteroatoms. The molecule has 0 bridgehead atoms. The molecule has 0 saturated heterocycles. The second kappa shape index (κ2) is 5.70. The van der Waals surface area contributed by atoms with E-state index in [1.54, 1.807) is 19.4 Å². The second-order valence-corrected chi connectivity index (χ2v) is 4.76. The zero-order chi connectivity index (χ0) is 13.0. The largest absolute Gasteiger partial charge is 0.491 e. The van der Waals surface area contributed by atoms with Crippen molar-refractivity contribution in [3.8, 4) is 16.2 Å². The molecule has 0 aliphatic rings. The summed E-state index contributed by atoms with van der Waals surface area (Å²) in [5.74, 6) is 0.717. The van der Waals surface area contributed by atoms with Gasteiger partial charge in [-0.3, -0.25) is 0 Å². The zero-order valence-corrected chi connectivity index (χ0v) is 10.9. The van der Waals surface area contributed by atoms with Gasteiger partial charge in [-0.1, -0.05) is 11.3 Å². The third-order valence-corrected chi connectivity index (χ3v) is 3.17. The van der Waals surface area contributed by atoms with E-state index < -0.39 is 0 Å². The molecule has 1 heterocycles. The summed E-state index contributed by atoms with van der Waals surface area (Å²) in [6.45, 7) is 1.03. The van der Waals surface area contributed by atoms with Crippen molar-refractivity contribution >= 4 is 22.2 Å². The Hall–Kier alpha value is -1.79. The summed E-state index contributed by atoms with van der Waals surface area (Å²) in [4.78, 5) is 4.99. The lowest BCUT2D eigenvalue weighted by Crippen LogP contribution is -2.04. The minimum absolute atomic E-state index is 0.490. The highest BCUT2D eigenvalue weighted by molar-refractivity contribution is 7.18. The molecule has 1 aromatic carbocycles. The molecule has 4 N–H and O–H groups in total. The number of ether oxygens (including phenoxy) is 2.